The smallest absolute Gasteiger partial charge is 0.109 e. The van der Waals surface area contributed by atoms with Crippen molar-refractivity contribution in [3.05, 3.63) is 0 Å². The Morgan fingerprint density at radius 1 is 1.62 bits per heavy atom. The molecule has 0 spiro atoms. The van der Waals surface area contributed by atoms with Gasteiger partial charge in [0.25, 0.3) is 0 Å². The summed E-state index contributed by atoms with van der Waals surface area (Å²) >= 11 is 0. The van der Waals surface area contributed by atoms with E-state index in [0.29, 0.717) is 5.92 Å². The number of nitrogens with one attached hydrogen (secondary N) is 2. The molecule has 0 aromatic rings. The second-order valence-electron chi connectivity index (χ2n) is 3.39. The second-order valence-corrected chi connectivity index (χ2v) is 3.39. The Kier molecular flexibility index (Phi) is 4.97. The lowest BCUT2D eigenvalue weighted by atomic mass is 10.00. The van der Waals surface area contributed by atoms with E-state index in [-0.39, 0.29) is 0 Å². The second kappa shape index (κ2) is 6.07. The van der Waals surface area contributed by atoms with Crippen LogP contribution in [0.2, 0.25) is 0 Å². The van der Waals surface area contributed by atoms with Crippen LogP contribution in [0.25, 0.3) is 0 Å². The third-order valence-electron chi connectivity index (χ3n) is 2.31. The van der Waals surface area contributed by atoms with E-state index in [0.717, 1.165) is 32.5 Å². The molecule has 1 aliphatic heterocycles. The Hall–Kier alpha value is -0.450. The van der Waals surface area contributed by atoms with Crippen molar-refractivity contribution in [1.29, 1.82) is 0 Å². The molecule has 1 rings (SSSR count). The maximum absolute atomic E-state index is 9.69. The van der Waals surface area contributed by atoms with Gasteiger partial charge < -0.3 is 10.4 Å². The molecule has 0 aromatic carbocycles. The van der Waals surface area contributed by atoms with Gasteiger partial charge in [-0.15, -0.1) is 0 Å². The van der Waals surface area contributed by atoms with Crippen LogP contribution in [0.15, 0.2) is 4.99 Å². The molecule has 0 saturated carbocycles. The Balaban J connectivity index is 2.14. The lowest BCUT2D eigenvalue weighted by molar-refractivity contribution is 0.0743. The van der Waals surface area contributed by atoms with Gasteiger partial charge >= 0.3 is 0 Å². The van der Waals surface area contributed by atoms with Crippen LogP contribution < -0.4 is 10.6 Å². The number of hydrogen-bond acceptors (Lipinski definition) is 4. The minimum Gasteiger partial charge on any atom is -0.378 e. The Morgan fingerprint density at radius 2 is 2.46 bits per heavy atom. The predicted octanol–water partition coefficient (Wildman–Crippen LogP) is -0.405. The van der Waals surface area contributed by atoms with E-state index < -0.39 is 6.23 Å². The highest BCUT2D eigenvalue weighted by atomic mass is 16.3. The summed E-state index contributed by atoms with van der Waals surface area (Å²) in [5.74, 6) is 0.293. The normalized spacial score (nSPS) is 24.6. The lowest BCUT2D eigenvalue weighted by Gasteiger charge is -2.23. The van der Waals surface area contributed by atoms with Crippen LogP contribution in [-0.2, 0) is 0 Å². The Labute approximate surface area is 79.4 Å². The summed E-state index contributed by atoms with van der Waals surface area (Å²) in [6.45, 7) is 2.44. The molecule has 0 fully saturated rings. The van der Waals surface area contributed by atoms with E-state index in [4.69, 9.17) is 0 Å². The number of hydrogen-bond donors (Lipinski definition) is 3. The number of aliphatic hydroxyl groups is 1. The van der Waals surface area contributed by atoms with Gasteiger partial charge in [0.1, 0.15) is 6.23 Å². The molecule has 2 atom stereocenters. The summed E-state index contributed by atoms with van der Waals surface area (Å²) in [4.78, 5) is 4.17. The van der Waals surface area contributed by atoms with Crippen LogP contribution in [0.1, 0.15) is 12.8 Å². The van der Waals surface area contributed by atoms with Crippen LogP contribution in [0.4, 0.5) is 0 Å². The fraction of sp³-hybridized carbons (Fsp3) is 0.889. The summed E-state index contributed by atoms with van der Waals surface area (Å²) in [5, 5.41) is 15.8. The van der Waals surface area contributed by atoms with Crippen LogP contribution in [0.3, 0.4) is 0 Å². The van der Waals surface area contributed by atoms with Crippen molar-refractivity contribution in [2.24, 2.45) is 10.9 Å². The van der Waals surface area contributed by atoms with Crippen molar-refractivity contribution in [2.75, 3.05) is 26.7 Å². The maximum atomic E-state index is 9.69. The summed E-state index contributed by atoms with van der Waals surface area (Å²) < 4.78 is 0. The minimum atomic E-state index is -0.397. The van der Waals surface area contributed by atoms with Crippen LogP contribution >= 0.6 is 0 Å². The van der Waals surface area contributed by atoms with Gasteiger partial charge in [0.15, 0.2) is 0 Å². The molecule has 0 aliphatic carbocycles. The first-order valence-electron chi connectivity index (χ1n) is 4.89. The van der Waals surface area contributed by atoms with Crippen LogP contribution in [0.5, 0.6) is 0 Å². The molecular formula is C9H19N3O. The Bertz CT molecular complexity index is 161. The summed E-state index contributed by atoms with van der Waals surface area (Å²) in [7, 11) is 1.90. The first-order valence-corrected chi connectivity index (χ1v) is 4.89. The average molecular weight is 185 g/mol. The van der Waals surface area contributed by atoms with E-state index >= 15 is 0 Å². The van der Waals surface area contributed by atoms with E-state index in [1.807, 2.05) is 13.3 Å². The SMILES string of the molecule is CNCCNC(O)C1CCC=NC1. The highest BCUT2D eigenvalue weighted by molar-refractivity contribution is 5.57. The van der Waals surface area contributed by atoms with Crippen molar-refractivity contribution < 1.29 is 5.11 Å². The summed E-state index contributed by atoms with van der Waals surface area (Å²) in [6.07, 6.45) is 3.58. The zero-order valence-electron chi connectivity index (χ0n) is 8.16. The summed E-state index contributed by atoms with van der Waals surface area (Å²) in [6, 6.07) is 0. The fourth-order valence-corrected chi connectivity index (χ4v) is 1.45. The zero-order chi connectivity index (χ0) is 9.52. The number of likely N-dealkylation sites (N-methyl/N-ethyl adjacent to an activating group) is 1. The van der Waals surface area contributed by atoms with Gasteiger partial charge in [0.2, 0.25) is 0 Å². The zero-order valence-corrected chi connectivity index (χ0v) is 8.16. The molecule has 0 saturated heterocycles. The van der Waals surface area contributed by atoms with Gasteiger partial charge in [-0.05, 0) is 26.1 Å². The van der Waals surface area contributed by atoms with Crippen molar-refractivity contribution >= 4 is 6.21 Å². The molecule has 2 unspecified atom stereocenters. The average Bonchev–Trinajstić information content (AvgIpc) is 2.19. The van der Waals surface area contributed by atoms with Crippen molar-refractivity contribution in [3.63, 3.8) is 0 Å². The third kappa shape index (κ3) is 3.85. The van der Waals surface area contributed by atoms with Gasteiger partial charge in [0.05, 0.1) is 0 Å². The van der Waals surface area contributed by atoms with E-state index in [1.165, 1.54) is 0 Å². The molecule has 13 heavy (non-hydrogen) atoms. The van der Waals surface area contributed by atoms with E-state index in [1.54, 1.807) is 0 Å². The van der Waals surface area contributed by atoms with Gasteiger partial charge in [-0.25, -0.2) is 0 Å². The molecule has 0 bridgehead atoms. The van der Waals surface area contributed by atoms with Crippen molar-refractivity contribution in [1.82, 2.24) is 10.6 Å². The molecule has 0 aromatic heterocycles. The molecule has 0 radical (unpaired) electrons. The van der Waals surface area contributed by atoms with E-state index in [2.05, 4.69) is 15.6 Å². The molecule has 4 nitrogen and oxygen atoms in total. The van der Waals surface area contributed by atoms with Gasteiger partial charge in [-0.3, -0.25) is 10.3 Å². The van der Waals surface area contributed by atoms with Crippen LogP contribution in [-0.4, -0.2) is 44.2 Å². The van der Waals surface area contributed by atoms with Crippen molar-refractivity contribution in [2.45, 2.75) is 19.1 Å². The lowest BCUT2D eigenvalue weighted by Crippen LogP contribution is -2.41. The molecule has 76 valence electrons. The van der Waals surface area contributed by atoms with Crippen LogP contribution in [0, 0.1) is 5.92 Å². The molecule has 0 amide bonds. The first-order chi connectivity index (χ1) is 6.34. The molecular weight excluding hydrogens is 166 g/mol. The highest BCUT2D eigenvalue weighted by Gasteiger charge is 2.18. The molecule has 1 heterocycles. The first kappa shape index (κ1) is 10.6. The van der Waals surface area contributed by atoms with Crippen molar-refractivity contribution in [3.8, 4) is 0 Å². The topological polar surface area (TPSA) is 56.6 Å². The Morgan fingerprint density at radius 3 is 3.08 bits per heavy atom. The minimum absolute atomic E-state index is 0.293. The molecule has 3 N–H and O–H groups in total. The standard InChI is InChI=1S/C9H19N3O/c1-10-5-6-12-9(13)8-3-2-4-11-7-8/h4,8-10,12-13H,2-3,5-7H2,1H3. The monoisotopic (exact) mass is 185 g/mol. The maximum Gasteiger partial charge on any atom is 0.109 e. The highest BCUT2D eigenvalue weighted by Crippen LogP contribution is 2.13. The largest absolute Gasteiger partial charge is 0.378 e. The predicted molar refractivity (Wildman–Crippen MR) is 54.0 cm³/mol. The third-order valence-corrected chi connectivity index (χ3v) is 2.31. The van der Waals surface area contributed by atoms with Gasteiger partial charge in [0, 0.05) is 25.6 Å². The number of aliphatic imine (C=N–C) groups is 1. The molecule has 1 aliphatic rings. The number of nitrogens with zero attached hydrogens (tertiary/aromatic N) is 1. The van der Waals surface area contributed by atoms with Gasteiger partial charge in [-0.2, -0.15) is 0 Å². The van der Waals surface area contributed by atoms with Gasteiger partial charge in [-0.1, -0.05) is 0 Å². The summed E-state index contributed by atoms with van der Waals surface area (Å²) in [5.41, 5.74) is 0. The fourth-order valence-electron chi connectivity index (χ4n) is 1.45. The van der Waals surface area contributed by atoms with E-state index in [9.17, 15) is 5.11 Å². The molecule has 4 heteroatoms. The number of rotatable bonds is 5. The number of aliphatic hydroxyl groups excluding tert-OH is 1. The quantitative estimate of drug-likeness (QED) is 0.403.